The molecule has 0 aliphatic carbocycles. The normalized spacial score (nSPS) is 12.0. The van der Waals surface area contributed by atoms with Gasteiger partial charge in [-0.1, -0.05) is 46.5 Å². The molecule has 0 aliphatic rings. The van der Waals surface area contributed by atoms with E-state index in [0.717, 1.165) is 12.8 Å². The lowest BCUT2D eigenvalue weighted by molar-refractivity contribution is -0.623. The average Bonchev–Trinajstić information content (AvgIpc) is 2.14. The fourth-order valence-corrected chi connectivity index (χ4v) is 1.40. The first kappa shape index (κ1) is 14.8. The van der Waals surface area contributed by atoms with E-state index in [9.17, 15) is 0 Å². The van der Waals surface area contributed by atoms with Crippen molar-refractivity contribution in [1.82, 2.24) is 0 Å². The zero-order chi connectivity index (χ0) is 11.6. The van der Waals surface area contributed by atoms with E-state index in [1.165, 1.54) is 25.7 Å². The van der Waals surface area contributed by atoms with Crippen LogP contribution in [0, 0.1) is 5.41 Å². The summed E-state index contributed by atoms with van der Waals surface area (Å²) < 4.78 is 0. The number of rotatable bonds is 9. The molecule has 0 bridgehead atoms. The van der Waals surface area contributed by atoms with Gasteiger partial charge in [-0.15, -0.1) is 0 Å². The SMILES string of the molecule is CC(C)(C)CCCCCCCOOOO. The van der Waals surface area contributed by atoms with Crippen LogP contribution in [-0.4, -0.2) is 11.9 Å². The molecule has 0 aromatic heterocycles. The maximum Gasteiger partial charge on any atom is 0.0854 e. The number of hydrogen-bond donors (Lipinski definition) is 1. The monoisotopic (exact) mass is 220 g/mol. The van der Waals surface area contributed by atoms with Gasteiger partial charge in [-0.3, -0.25) is 0 Å². The average molecular weight is 220 g/mol. The molecule has 0 saturated heterocycles. The first-order valence-electron chi connectivity index (χ1n) is 5.66. The first-order chi connectivity index (χ1) is 7.06. The second-order valence-corrected chi connectivity index (χ2v) is 5.04. The summed E-state index contributed by atoms with van der Waals surface area (Å²) in [7, 11) is 0. The Morgan fingerprint density at radius 2 is 1.53 bits per heavy atom. The molecule has 0 amide bonds. The van der Waals surface area contributed by atoms with Crippen molar-refractivity contribution in [3.8, 4) is 0 Å². The van der Waals surface area contributed by atoms with Gasteiger partial charge in [0.15, 0.2) is 0 Å². The molecule has 15 heavy (non-hydrogen) atoms. The van der Waals surface area contributed by atoms with Gasteiger partial charge in [-0.05, 0) is 28.3 Å². The fraction of sp³-hybridized carbons (Fsp3) is 1.00. The lowest BCUT2D eigenvalue weighted by atomic mass is 9.89. The highest BCUT2D eigenvalue weighted by Crippen LogP contribution is 2.22. The van der Waals surface area contributed by atoms with Gasteiger partial charge in [0, 0.05) is 0 Å². The minimum atomic E-state index is 0.454. The number of hydrogen-bond acceptors (Lipinski definition) is 4. The van der Waals surface area contributed by atoms with Crippen molar-refractivity contribution in [2.75, 3.05) is 6.61 Å². The highest BCUT2D eigenvalue weighted by atomic mass is 17.6. The maximum atomic E-state index is 7.77. The minimum absolute atomic E-state index is 0.454. The van der Waals surface area contributed by atoms with E-state index in [2.05, 4.69) is 35.7 Å². The molecule has 4 heteroatoms. The standard InChI is InChI=1S/C11H24O4/c1-11(2,3)9-7-5-4-6-8-10-13-15-14-12/h12H,4-10H2,1-3H3. The van der Waals surface area contributed by atoms with Gasteiger partial charge in [0.1, 0.15) is 0 Å². The Kier molecular flexibility index (Phi) is 9.00. The van der Waals surface area contributed by atoms with Gasteiger partial charge in [0.05, 0.1) is 6.61 Å². The van der Waals surface area contributed by atoms with Crippen LogP contribution in [0.2, 0.25) is 0 Å². The minimum Gasteiger partial charge on any atom is -0.219 e. The zero-order valence-corrected chi connectivity index (χ0v) is 10.1. The molecule has 0 aromatic rings. The smallest absolute Gasteiger partial charge is 0.0854 e. The molecular weight excluding hydrogens is 196 g/mol. The first-order valence-corrected chi connectivity index (χ1v) is 5.66. The Bertz CT molecular complexity index is 131. The molecule has 4 nitrogen and oxygen atoms in total. The highest BCUT2D eigenvalue weighted by molar-refractivity contribution is 4.60. The molecule has 0 rings (SSSR count). The molecule has 0 saturated carbocycles. The predicted octanol–water partition coefficient (Wildman–Crippen LogP) is 3.73. The molecule has 0 heterocycles. The van der Waals surface area contributed by atoms with Crippen LogP contribution < -0.4 is 0 Å². The van der Waals surface area contributed by atoms with Gasteiger partial charge >= 0.3 is 0 Å². The molecule has 0 aromatic carbocycles. The zero-order valence-electron chi connectivity index (χ0n) is 10.1. The van der Waals surface area contributed by atoms with E-state index in [4.69, 9.17) is 5.26 Å². The summed E-state index contributed by atoms with van der Waals surface area (Å²) in [5.41, 5.74) is 0.454. The molecular formula is C11H24O4. The van der Waals surface area contributed by atoms with E-state index >= 15 is 0 Å². The molecule has 0 spiro atoms. The van der Waals surface area contributed by atoms with Gasteiger partial charge in [0.2, 0.25) is 0 Å². The molecule has 92 valence electrons. The largest absolute Gasteiger partial charge is 0.219 e. The summed E-state index contributed by atoms with van der Waals surface area (Å²) in [6.45, 7) is 7.27. The summed E-state index contributed by atoms with van der Waals surface area (Å²) >= 11 is 0. The lowest BCUT2D eigenvalue weighted by Crippen LogP contribution is -2.03. The summed E-state index contributed by atoms with van der Waals surface area (Å²) in [6, 6.07) is 0. The Balaban J connectivity index is 2.99. The van der Waals surface area contributed by atoms with Crippen LogP contribution in [0.4, 0.5) is 0 Å². The Morgan fingerprint density at radius 3 is 2.13 bits per heavy atom. The third-order valence-corrected chi connectivity index (χ3v) is 2.23. The van der Waals surface area contributed by atoms with Crippen LogP contribution in [0.1, 0.15) is 59.3 Å². The van der Waals surface area contributed by atoms with Crippen molar-refractivity contribution >= 4 is 0 Å². The van der Waals surface area contributed by atoms with Crippen molar-refractivity contribution < 1.29 is 20.2 Å². The Morgan fingerprint density at radius 1 is 0.933 bits per heavy atom. The third-order valence-electron chi connectivity index (χ3n) is 2.23. The summed E-state index contributed by atoms with van der Waals surface area (Å²) in [5, 5.41) is 14.9. The van der Waals surface area contributed by atoms with E-state index < -0.39 is 0 Å². The van der Waals surface area contributed by atoms with Crippen LogP contribution in [-0.2, 0) is 15.0 Å². The molecule has 1 N–H and O–H groups in total. The van der Waals surface area contributed by atoms with E-state index in [1.807, 2.05) is 0 Å². The third kappa shape index (κ3) is 13.8. The fourth-order valence-electron chi connectivity index (χ4n) is 1.40. The van der Waals surface area contributed by atoms with Crippen LogP contribution in [0.15, 0.2) is 0 Å². The predicted molar refractivity (Wildman–Crippen MR) is 57.9 cm³/mol. The van der Waals surface area contributed by atoms with Gasteiger partial charge < -0.3 is 0 Å². The van der Waals surface area contributed by atoms with Crippen LogP contribution >= 0.6 is 0 Å². The topological polar surface area (TPSA) is 47.9 Å². The molecule has 0 unspecified atom stereocenters. The van der Waals surface area contributed by atoms with Gasteiger partial charge in [-0.25, -0.2) is 10.1 Å². The Labute approximate surface area is 92.3 Å². The lowest BCUT2D eigenvalue weighted by Gasteiger charge is -2.17. The van der Waals surface area contributed by atoms with Crippen LogP contribution in [0.25, 0.3) is 0 Å². The van der Waals surface area contributed by atoms with Crippen LogP contribution in [0.3, 0.4) is 0 Å². The number of unbranched alkanes of at least 4 members (excludes halogenated alkanes) is 4. The second-order valence-electron chi connectivity index (χ2n) is 5.04. The molecule has 0 fully saturated rings. The van der Waals surface area contributed by atoms with Gasteiger partial charge in [0.25, 0.3) is 0 Å². The summed E-state index contributed by atoms with van der Waals surface area (Å²) in [4.78, 5) is 4.47. The van der Waals surface area contributed by atoms with Crippen LogP contribution in [0.5, 0.6) is 0 Å². The molecule has 0 atom stereocenters. The molecule has 0 radical (unpaired) electrons. The summed E-state index contributed by atoms with van der Waals surface area (Å²) in [6.07, 6.45) is 7.12. The second kappa shape index (κ2) is 9.09. The molecule has 0 aliphatic heterocycles. The van der Waals surface area contributed by atoms with Crippen molar-refractivity contribution in [2.45, 2.75) is 59.3 Å². The van der Waals surface area contributed by atoms with E-state index in [1.54, 1.807) is 0 Å². The van der Waals surface area contributed by atoms with Crippen molar-refractivity contribution in [3.05, 3.63) is 0 Å². The Hall–Kier alpha value is -0.160. The quantitative estimate of drug-likeness (QED) is 0.365. The summed E-state index contributed by atoms with van der Waals surface area (Å²) in [5.74, 6) is 0. The van der Waals surface area contributed by atoms with E-state index in [0.29, 0.717) is 12.0 Å². The highest BCUT2D eigenvalue weighted by Gasteiger charge is 2.08. The maximum absolute atomic E-state index is 7.77. The van der Waals surface area contributed by atoms with Crippen molar-refractivity contribution in [3.63, 3.8) is 0 Å². The van der Waals surface area contributed by atoms with E-state index in [-0.39, 0.29) is 0 Å². The van der Waals surface area contributed by atoms with Crippen molar-refractivity contribution in [2.24, 2.45) is 5.41 Å². The van der Waals surface area contributed by atoms with Crippen molar-refractivity contribution in [1.29, 1.82) is 0 Å². The van der Waals surface area contributed by atoms with Gasteiger partial charge in [-0.2, -0.15) is 0 Å².